The van der Waals surface area contributed by atoms with E-state index in [9.17, 15) is 0 Å². The van der Waals surface area contributed by atoms with Crippen LogP contribution in [0.5, 0.6) is 0 Å². The van der Waals surface area contributed by atoms with Crippen molar-refractivity contribution in [3.63, 3.8) is 0 Å². The Labute approximate surface area is 110 Å². The minimum atomic E-state index is -0.421. The van der Waals surface area contributed by atoms with E-state index in [0.29, 0.717) is 11.8 Å². The number of aryl methyl sites for hydroxylation is 1. The van der Waals surface area contributed by atoms with E-state index in [-0.39, 0.29) is 0 Å². The molecule has 1 unspecified atom stereocenters. The highest BCUT2D eigenvalue weighted by molar-refractivity contribution is 5.17. The lowest BCUT2D eigenvalue weighted by Gasteiger charge is -2.18. The Morgan fingerprint density at radius 3 is 2.89 bits per heavy atom. The summed E-state index contributed by atoms with van der Waals surface area (Å²) in [5.41, 5.74) is 6.96. The highest BCUT2D eigenvalue weighted by Crippen LogP contribution is 2.26. The third-order valence-electron chi connectivity index (χ3n) is 3.39. The Hall–Kier alpha value is -1.73. The van der Waals surface area contributed by atoms with Gasteiger partial charge in [-0.2, -0.15) is 10.1 Å². The van der Waals surface area contributed by atoms with Crippen LogP contribution in [0.1, 0.15) is 42.1 Å². The molecule has 102 valence electrons. The maximum absolute atomic E-state index is 6.10. The molecule has 1 fully saturated rings. The quantitative estimate of drug-likeness (QED) is 0.878. The van der Waals surface area contributed by atoms with Crippen LogP contribution in [0.2, 0.25) is 0 Å². The lowest BCUT2D eigenvalue weighted by molar-refractivity contribution is 0.0830. The highest BCUT2D eigenvalue weighted by atomic mass is 16.5. The first-order valence-corrected chi connectivity index (χ1v) is 6.39. The molecule has 0 radical (unpaired) electrons. The van der Waals surface area contributed by atoms with Gasteiger partial charge in [0.1, 0.15) is 6.04 Å². The van der Waals surface area contributed by atoms with Crippen molar-refractivity contribution in [1.29, 1.82) is 0 Å². The molecule has 1 aliphatic rings. The summed E-state index contributed by atoms with van der Waals surface area (Å²) >= 11 is 0. The van der Waals surface area contributed by atoms with Crippen molar-refractivity contribution in [2.75, 3.05) is 13.2 Å². The fourth-order valence-corrected chi connectivity index (χ4v) is 2.24. The zero-order valence-corrected chi connectivity index (χ0v) is 10.8. The smallest absolute Gasteiger partial charge is 0.248 e. The van der Waals surface area contributed by atoms with Gasteiger partial charge < -0.3 is 15.0 Å². The van der Waals surface area contributed by atoms with E-state index in [1.807, 2.05) is 13.2 Å². The van der Waals surface area contributed by atoms with Crippen molar-refractivity contribution < 1.29 is 9.26 Å². The van der Waals surface area contributed by atoms with Crippen LogP contribution in [0.3, 0.4) is 0 Å². The number of hydrogen-bond acceptors (Lipinski definition) is 6. The number of ether oxygens (including phenoxy) is 1. The average Bonchev–Trinajstić information content (AvgIpc) is 3.08. The molecule has 2 aromatic rings. The summed E-state index contributed by atoms with van der Waals surface area (Å²) < 4.78 is 12.3. The van der Waals surface area contributed by atoms with Gasteiger partial charge in [-0.1, -0.05) is 5.16 Å². The summed E-state index contributed by atoms with van der Waals surface area (Å²) in [5.74, 6) is 1.49. The molecule has 0 amide bonds. The Morgan fingerprint density at radius 1 is 1.42 bits per heavy atom. The summed E-state index contributed by atoms with van der Waals surface area (Å²) in [6.07, 6.45) is 5.42. The van der Waals surface area contributed by atoms with Crippen LogP contribution in [0.25, 0.3) is 0 Å². The minimum Gasteiger partial charge on any atom is -0.381 e. The molecular weight excluding hydrogens is 246 g/mol. The van der Waals surface area contributed by atoms with Crippen LogP contribution in [-0.4, -0.2) is 33.1 Å². The third kappa shape index (κ3) is 2.52. The van der Waals surface area contributed by atoms with Crippen LogP contribution >= 0.6 is 0 Å². The van der Waals surface area contributed by atoms with Gasteiger partial charge >= 0.3 is 0 Å². The molecular formula is C12H17N5O2. The Kier molecular flexibility index (Phi) is 3.31. The normalized spacial score (nSPS) is 18.6. The number of nitrogens with zero attached hydrogens (tertiary/aromatic N) is 4. The number of rotatable bonds is 3. The Bertz CT molecular complexity index is 544. The van der Waals surface area contributed by atoms with Crippen molar-refractivity contribution in [3.8, 4) is 0 Å². The molecule has 3 rings (SSSR count). The van der Waals surface area contributed by atoms with Gasteiger partial charge in [-0.3, -0.25) is 4.68 Å². The van der Waals surface area contributed by atoms with Crippen molar-refractivity contribution in [2.45, 2.75) is 24.8 Å². The topological polar surface area (TPSA) is 92.0 Å². The molecule has 0 aromatic carbocycles. The summed E-state index contributed by atoms with van der Waals surface area (Å²) in [6.45, 7) is 1.51. The van der Waals surface area contributed by atoms with Crippen LogP contribution in [-0.2, 0) is 11.8 Å². The van der Waals surface area contributed by atoms with Crippen molar-refractivity contribution >= 4 is 0 Å². The summed E-state index contributed by atoms with van der Waals surface area (Å²) in [4.78, 5) is 4.42. The fraction of sp³-hybridized carbons (Fsp3) is 0.583. The molecule has 7 heteroatoms. The van der Waals surface area contributed by atoms with E-state index in [2.05, 4.69) is 15.2 Å². The van der Waals surface area contributed by atoms with Crippen molar-refractivity contribution in [2.24, 2.45) is 12.8 Å². The molecule has 0 spiro atoms. The lowest BCUT2D eigenvalue weighted by Crippen LogP contribution is -2.16. The summed E-state index contributed by atoms with van der Waals surface area (Å²) in [6, 6.07) is -0.421. The predicted molar refractivity (Wildman–Crippen MR) is 66.3 cm³/mol. The Morgan fingerprint density at radius 2 is 2.21 bits per heavy atom. The van der Waals surface area contributed by atoms with Crippen molar-refractivity contribution in [1.82, 2.24) is 19.9 Å². The molecule has 3 heterocycles. The molecule has 1 saturated heterocycles. The van der Waals surface area contributed by atoms with Crippen LogP contribution in [0.15, 0.2) is 16.9 Å². The standard InChI is InChI=1S/C12H17N5O2/c1-17-7-9(6-14-17)10(13)12-15-11(16-19-12)8-2-4-18-5-3-8/h6-8,10H,2-5,13H2,1H3. The minimum absolute atomic E-state index is 0.312. The fourth-order valence-electron chi connectivity index (χ4n) is 2.24. The van der Waals surface area contributed by atoms with E-state index < -0.39 is 6.04 Å². The van der Waals surface area contributed by atoms with E-state index >= 15 is 0 Å². The predicted octanol–water partition coefficient (Wildman–Crippen LogP) is 0.745. The molecule has 0 aliphatic carbocycles. The first kappa shape index (κ1) is 12.3. The third-order valence-corrected chi connectivity index (χ3v) is 3.39. The monoisotopic (exact) mass is 263 g/mol. The van der Waals surface area contributed by atoms with E-state index in [4.69, 9.17) is 15.0 Å². The summed E-state index contributed by atoms with van der Waals surface area (Å²) in [7, 11) is 1.84. The molecule has 19 heavy (non-hydrogen) atoms. The molecule has 0 bridgehead atoms. The molecule has 7 nitrogen and oxygen atoms in total. The van der Waals surface area contributed by atoms with Gasteiger partial charge in [0.25, 0.3) is 0 Å². The van der Waals surface area contributed by atoms with Gasteiger partial charge in [-0.15, -0.1) is 0 Å². The maximum atomic E-state index is 6.10. The second kappa shape index (κ2) is 5.10. The second-order valence-corrected chi connectivity index (χ2v) is 4.80. The molecule has 1 aliphatic heterocycles. The van der Waals surface area contributed by atoms with Gasteiger partial charge in [0.15, 0.2) is 5.82 Å². The van der Waals surface area contributed by atoms with E-state index in [0.717, 1.165) is 37.4 Å². The molecule has 0 saturated carbocycles. The van der Waals surface area contributed by atoms with Gasteiger partial charge in [0.2, 0.25) is 5.89 Å². The SMILES string of the molecule is Cn1cc(C(N)c2nc(C3CCOCC3)no2)cn1. The number of hydrogen-bond donors (Lipinski definition) is 1. The van der Waals surface area contributed by atoms with Crippen molar-refractivity contribution in [3.05, 3.63) is 29.7 Å². The van der Waals surface area contributed by atoms with Gasteiger partial charge in [-0.25, -0.2) is 0 Å². The second-order valence-electron chi connectivity index (χ2n) is 4.80. The molecule has 2 aromatic heterocycles. The number of aromatic nitrogens is 4. The maximum Gasteiger partial charge on any atom is 0.248 e. The van der Waals surface area contributed by atoms with Gasteiger partial charge in [0, 0.05) is 37.9 Å². The summed E-state index contributed by atoms with van der Waals surface area (Å²) in [5, 5.41) is 8.13. The first-order chi connectivity index (χ1) is 9.24. The highest BCUT2D eigenvalue weighted by Gasteiger charge is 2.24. The van der Waals surface area contributed by atoms with Crippen LogP contribution < -0.4 is 5.73 Å². The average molecular weight is 263 g/mol. The zero-order chi connectivity index (χ0) is 13.2. The Balaban J connectivity index is 1.76. The lowest BCUT2D eigenvalue weighted by atomic mass is 10.00. The van der Waals surface area contributed by atoms with E-state index in [1.54, 1.807) is 10.9 Å². The molecule has 2 N–H and O–H groups in total. The zero-order valence-electron chi connectivity index (χ0n) is 10.8. The van der Waals surface area contributed by atoms with Crippen LogP contribution in [0, 0.1) is 0 Å². The van der Waals surface area contributed by atoms with Gasteiger partial charge in [-0.05, 0) is 12.8 Å². The van der Waals surface area contributed by atoms with Crippen LogP contribution in [0.4, 0.5) is 0 Å². The molecule has 1 atom stereocenters. The van der Waals surface area contributed by atoms with E-state index in [1.165, 1.54) is 0 Å². The largest absolute Gasteiger partial charge is 0.381 e. The first-order valence-electron chi connectivity index (χ1n) is 6.39. The van der Waals surface area contributed by atoms with Gasteiger partial charge in [0.05, 0.1) is 6.20 Å². The number of nitrogens with two attached hydrogens (primary N) is 1.